The Balaban J connectivity index is 1.51. The van der Waals surface area contributed by atoms with Crippen molar-refractivity contribution in [1.29, 1.82) is 0 Å². The van der Waals surface area contributed by atoms with Gasteiger partial charge in [0.05, 0.1) is 13.2 Å². The molecule has 0 aliphatic heterocycles. The molecule has 1 fully saturated rings. The summed E-state index contributed by atoms with van der Waals surface area (Å²) in [5, 5.41) is 0. The summed E-state index contributed by atoms with van der Waals surface area (Å²) in [6, 6.07) is 7.97. The fourth-order valence-corrected chi connectivity index (χ4v) is 2.20. The van der Waals surface area contributed by atoms with E-state index >= 15 is 0 Å². The van der Waals surface area contributed by atoms with Crippen LogP contribution in [0.25, 0.3) is 0 Å². The first-order valence-corrected chi connectivity index (χ1v) is 7.96. The minimum atomic E-state index is 0.522. The highest BCUT2D eigenvalue weighted by atomic mass is 16.5. The summed E-state index contributed by atoms with van der Waals surface area (Å²) in [7, 11) is 2.13. The molecule has 0 spiro atoms. The van der Waals surface area contributed by atoms with Crippen molar-refractivity contribution in [1.82, 2.24) is 4.90 Å². The second-order valence-corrected chi connectivity index (χ2v) is 5.84. The summed E-state index contributed by atoms with van der Waals surface area (Å²) in [5.74, 6) is 1.77. The average Bonchev–Trinajstić information content (AvgIpc) is 3.33. The van der Waals surface area contributed by atoms with Gasteiger partial charge in [-0.2, -0.15) is 0 Å². The van der Waals surface area contributed by atoms with Crippen molar-refractivity contribution in [3.8, 4) is 5.75 Å². The Kier molecular flexibility index (Phi) is 7.00. The molecule has 2 rings (SSSR count). The lowest BCUT2D eigenvalue weighted by Crippen LogP contribution is -2.25. The maximum Gasteiger partial charge on any atom is 0.123 e. The zero-order chi connectivity index (χ0) is 14.9. The molecule has 0 radical (unpaired) electrons. The summed E-state index contributed by atoms with van der Waals surface area (Å²) < 4.78 is 11.5. The van der Waals surface area contributed by atoms with Crippen molar-refractivity contribution >= 4 is 0 Å². The molecule has 1 aliphatic rings. The molecule has 2 N–H and O–H groups in total. The Morgan fingerprint density at radius 2 is 2.00 bits per heavy atom. The Morgan fingerprint density at radius 1 is 1.19 bits per heavy atom. The van der Waals surface area contributed by atoms with Gasteiger partial charge in [-0.15, -0.1) is 0 Å². The van der Waals surface area contributed by atoms with Gasteiger partial charge in [0.15, 0.2) is 0 Å². The maximum absolute atomic E-state index is 5.81. The van der Waals surface area contributed by atoms with Crippen LogP contribution in [0.5, 0.6) is 5.75 Å². The van der Waals surface area contributed by atoms with Crippen LogP contribution in [0.1, 0.15) is 24.8 Å². The van der Waals surface area contributed by atoms with Gasteiger partial charge in [0.25, 0.3) is 0 Å². The fraction of sp³-hybridized carbons (Fsp3) is 0.647. The first-order valence-electron chi connectivity index (χ1n) is 7.96. The second-order valence-electron chi connectivity index (χ2n) is 5.84. The van der Waals surface area contributed by atoms with Crippen LogP contribution in [0, 0.1) is 5.92 Å². The molecular formula is C17H28N2O2. The average molecular weight is 292 g/mol. The lowest BCUT2D eigenvalue weighted by molar-refractivity contribution is 0.102. The zero-order valence-corrected chi connectivity index (χ0v) is 13.1. The topological polar surface area (TPSA) is 47.7 Å². The Labute approximate surface area is 128 Å². The fourth-order valence-electron chi connectivity index (χ4n) is 2.20. The van der Waals surface area contributed by atoms with Crippen molar-refractivity contribution in [2.24, 2.45) is 11.7 Å². The normalized spacial score (nSPS) is 14.6. The van der Waals surface area contributed by atoms with E-state index in [9.17, 15) is 0 Å². The second kappa shape index (κ2) is 9.03. The van der Waals surface area contributed by atoms with Crippen molar-refractivity contribution in [2.45, 2.75) is 25.8 Å². The molecule has 118 valence electrons. The van der Waals surface area contributed by atoms with E-state index in [1.54, 1.807) is 0 Å². The van der Waals surface area contributed by atoms with Crippen LogP contribution in [0.3, 0.4) is 0 Å². The largest absolute Gasteiger partial charge is 0.493 e. The predicted molar refractivity (Wildman–Crippen MR) is 85.5 cm³/mol. The predicted octanol–water partition coefficient (Wildman–Crippen LogP) is 2.27. The number of nitrogens with two attached hydrogens (primary N) is 1. The summed E-state index contributed by atoms with van der Waals surface area (Å²) in [6.07, 6.45) is 3.73. The Morgan fingerprint density at radius 3 is 2.76 bits per heavy atom. The Bertz CT molecular complexity index is 408. The molecule has 1 aromatic carbocycles. The third kappa shape index (κ3) is 6.46. The molecule has 0 aromatic heterocycles. The van der Waals surface area contributed by atoms with Gasteiger partial charge in [0.2, 0.25) is 0 Å². The van der Waals surface area contributed by atoms with Gasteiger partial charge >= 0.3 is 0 Å². The molecule has 21 heavy (non-hydrogen) atoms. The SMILES string of the molecule is CN(CCCOc1ccccc1CN)CCOCC1CC1. The van der Waals surface area contributed by atoms with Gasteiger partial charge in [0, 0.05) is 31.8 Å². The number of benzene rings is 1. The number of rotatable bonds is 11. The van der Waals surface area contributed by atoms with E-state index < -0.39 is 0 Å². The summed E-state index contributed by atoms with van der Waals surface area (Å²) in [5.41, 5.74) is 6.76. The van der Waals surface area contributed by atoms with Crippen LogP contribution in [0.4, 0.5) is 0 Å². The molecule has 4 heteroatoms. The monoisotopic (exact) mass is 292 g/mol. The van der Waals surface area contributed by atoms with E-state index in [-0.39, 0.29) is 0 Å². The van der Waals surface area contributed by atoms with E-state index in [0.717, 1.165) is 56.6 Å². The van der Waals surface area contributed by atoms with Crippen molar-refractivity contribution in [3.63, 3.8) is 0 Å². The first-order chi connectivity index (χ1) is 10.3. The summed E-state index contributed by atoms with van der Waals surface area (Å²) in [6.45, 7) is 5.05. The third-order valence-corrected chi connectivity index (χ3v) is 3.80. The number of nitrogens with zero attached hydrogens (tertiary/aromatic N) is 1. The van der Waals surface area contributed by atoms with E-state index in [4.69, 9.17) is 15.2 Å². The molecule has 1 aliphatic carbocycles. The van der Waals surface area contributed by atoms with Crippen LogP contribution >= 0.6 is 0 Å². The minimum Gasteiger partial charge on any atom is -0.493 e. The number of hydrogen-bond acceptors (Lipinski definition) is 4. The molecule has 0 bridgehead atoms. The maximum atomic E-state index is 5.81. The summed E-state index contributed by atoms with van der Waals surface area (Å²) >= 11 is 0. The molecule has 1 saturated carbocycles. The molecular weight excluding hydrogens is 264 g/mol. The summed E-state index contributed by atoms with van der Waals surface area (Å²) in [4.78, 5) is 2.30. The Hall–Kier alpha value is -1.10. The van der Waals surface area contributed by atoms with Crippen LogP contribution in [-0.4, -0.2) is 44.9 Å². The lowest BCUT2D eigenvalue weighted by Gasteiger charge is -2.17. The van der Waals surface area contributed by atoms with Crippen LogP contribution < -0.4 is 10.5 Å². The third-order valence-electron chi connectivity index (χ3n) is 3.80. The quantitative estimate of drug-likeness (QED) is 0.636. The zero-order valence-electron chi connectivity index (χ0n) is 13.1. The van der Waals surface area contributed by atoms with Crippen molar-refractivity contribution in [2.75, 3.05) is 40.0 Å². The van der Waals surface area contributed by atoms with E-state index in [1.165, 1.54) is 12.8 Å². The molecule has 0 unspecified atom stereocenters. The lowest BCUT2D eigenvalue weighted by atomic mass is 10.2. The van der Waals surface area contributed by atoms with Crippen LogP contribution in [0.15, 0.2) is 24.3 Å². The molecule has 0 amide bonds. The molecule has 0 saturated heterocycles. The number of hydrogen-bond donors (Lipinski definition) is 1. The molecule has 0 atom stereocenters. The highest BCUT2D eigenvalue weighted by Gasteiger charge is 2.20. The van der Waals surface area contributed by atoms with E-state index in [2.05, 4.69) is 11.9 Å². The first kappa shape index (κ1) is 16.3. The highest BCUT2D eigenvalue weighted by Crippen LogP contribution is 2.28. The molecule has 0 heterocycles. The minimum absolute atomic E-state index is 0.522. The van der Waals surface area contributed by atoms with Gasteiger partial charge in [-0.1, -0.05) is 18.2 Å². The van der Waals surface area contributed by atoms with Gasteiger partial charge in [-0.05, 0) is 38.3 Å². The number of ether oxygens (including phenoxy) is 2. The van der Waals surface area contributed by atoms with Gasteiger partial charge in [0.1, 0.15) is 5.75 Å². The number of para-hydroxylation sites is 1. The van der Waals surface area contributed by atoms with E-state index in [0.29, 0.717) is 6.54 Å². The highest BCUT2D eigenvalue weighted by molar-refractivity contribution is 5.32. The smallest absolute Gasteiger partial charge is 0.123 e. The van der Waals surface area contributed by atoms with Gasteiger partial charge < -0.3 is 20.1 Å². The standard InChI is InChI=1S/C17H28N2O2/c1-19(10-12-20-14-15-7-8-15)9-4-11-21-17-6-3-2-5-16(17)13-18/h2-3,5-6,15H,4,7-14,18H2,1H3. The van der Waals surface area contributed by atoms with Crippen LogP contribution in [-0.2, 0) is 11.3 Å². The molecule has 4 nitrogen and oxygen atoms in total. The van der Waals surface area contributed by atoms with Crippen molar-refractivity contribution < 1.29 is 9.47 Å². The van der Waals surface area contributed by atoms with E-state index in [1.807, 2.05) is 24.3 Å². The van der Waals surface area contributed by atoms with Gasteiger partial charge in [-0.25, -0.2) is 0 Å². The molecule has 1 aromatic rings. The van der Waals surface area contributed by atoms with Crippen LogP contribution in [0.2, 0.25) is 0 Å². The van der Waals surface area contributed by atoms with Crippen molar-refractivity contribution in [3.05, 3.63) is 29.8 Å². The van der Waals surface area contributed by atoms with Gasteiger partial charge in [-0.3, -0.25) is 0 Å². The number of likely N-dealkylation sites (N-methyl/N-ethyl adjacent to an activating group) is 1.